The minimum absolute atomic E-state index is 0.00308. The molecule has 134 valence electrons. The van der Waals surface area contributed by atoms with Gasteiger partial charge in [0.15, 0.2) is 0 Å². The molecule has 0 fully saturated rings. The zero-order valence-corrected chi connectivity index (χ0v) is 13.9. The van der Waals surface area contributed by atoms with E-state index in [0.29, 0.717) is 11.1 Å². The molecule has 6 heteroatoms. The van der Waals surface area contributed by atoms with Crippen molar-refractivity contribution in [2.75, 3.05) is 0 Å². The van der Waals surface area contributed by atoms with E-state index in [1.165, 1.54) is 24.3 Å². The number of carbonyl (C=O) groups is 3. The predicted octanol–water partition coefficient (Wildman–Crippen LogP) is 4.12. The largest absolute Gasteiger partial charge is 0.478 e. The van der Waals surface area contributed by atoms with Crippen molar-refractivity contribution in [3.63, 3.8) is 0 Å². The van der Waals surface area contributed by atoms with Crippen LogP contribution in [0.15, 0.2) is 66.7 Å². The van der Waals surface area contributed by atoms with Crippen LogP contribution in [-0.4, -0.2) is 33.2 Å². The van der Waals surface area contributed by atoms with E-state index in [9.17, 15) is 24.6 Å². The van der Waals surface area contributed by atoms with E-state index in [-0.39, 0.29) is 22.3 Å². The lowest BCUT2D eigenvalue weighted by Crippen LogP contribution is -2.05. The molecular weight excluding hydrogens is 348 g/mol. The van der Waals surface area contributed by atoms with Crippen molar-refractivity contribution in [2.24, 2.45) is 0 Å². The standard InChI is InChI=1S/C21H14O6/c22-19(23)13-6-8-15(12-4-2-1-3-5-12)17(10-13)16-9-7-14(20(24)25)11-18(16)21(26)27/h1-11H,(H,22,23)(H,24,25)(H,26,27). The Labute approximate surface area is 154 Å². The first-order chi connectivity index (χ1) is 12.9. The quantitative estimate of drug-likeness (QED) is 0.629. The molecule has 3 rings (SSSR count). The molecule has 0 heterocycles. The molecule has 0 aliphatic heterocycles. The average molecular weight is 362 g/mol. The Morgan fingerprint density at radius 2 is 1.11 bits per heavy atom. The highest BCUT2D eigenvalue weighted by Crippen LogP contribution is 2.35. The van der Waals surface area contributed by atoms with Crippen LogP contribution in [0, 0.1) is 0 Å². The molecule has 6 nitrogen and oxygen atoms in total. The Kier molecular flexibility index (Phi) is 4.72. The zero-order chi connectivity index (χ0) is 19.6. The van der Waals surface area contributed by atoms with Gasteiger partial charge in [-0.05, 0) is 46.5 Å². The van der Waals surface area contributed by atoms with Gasteiger partial charge in [-0.1, -0.05) is 42.5 Å². The SMILES string of the molecule is O=C(O)c1ccc(-c2cc(C(=O)O)ccc2-c2ccccc2)c(C(=O)O)c1. The third kappa shape index (κ3) is 3.55. The highest BCUT2D eigenvalue weighted by Gasteiger charge is 2.19. The van der Waals surface area contributed by atoms with Gasteiger partial charge in [-0.15, -0.1) is 0 Å². The molecule has 0 saturated heterocycles. The summed E-state index contributed by atoms with van der Waals surface area (Å²) in [6, 6.07) is 17.3. The summed E-state index contributed by atoms with van der Waals surface area (Å²) < 4.78 is 0. The molecule has 27 heavy (non-hydrogen) atoms. The summed E-state index contributed by atoms with van der Waals surface area (Å²) in [6.45, 7) is 0. The second kappa shape index (κ2) is 7.13. The van der Waals surface area contributed by atoms with E-state index in [2.05, 4.69) is 0 Å². The number of hydrogen-bond acceptors (Lipinski definition) is 3. The van der Waals surface area contributed by atoms with E-state index >= 15 is 0 Å². The Morgan fingerprint density at radius 1 is 0.556 bits per heavy atom. The van der Waals surface area contributed by atoms with Crippen LogP contribution in [0.5, 0.6) is 0 Å². The van der Waals surface area contributed by atoms with Crippen LogP contribution in [0.1, 0.15) is 31.1 Å². The fourth-order valence-corrected chi connectivity index (χ4v) is 2.86. The Balaban J connectivity index is 2.32. The van der Waals surface area contributed by atoms with Gasteiger partial charge in [0.2, 0.25) is 0 Å². The highest BCUT2D eigenvalue weighted by atomic mass is 16.4. The molecule has 0 saturated carbocycles. The van der Waals surface area contributed by atoms with Gasteiger partial charge in [-0.25, -0.2) is 14.4 Å². The van der Waals surface area contributed by atoms with E-state index in [1.54, 1.807) is 6.07 Å². The van der Waals surface area contributed by atoms with E-state index in [4.69, 9.17) is 5.11 Å². The van der Waals surface area contributed by atoms with Crippen LogP contribution < -0.4 is 0 Å². The minimum atomic E-state index is -1.30. The van der Waals surface area contributed by atoms with Crippen molar-refractivity contribution in [2.45, 2.75) is 0 Å². The first-order valence-electron chi connectivity index (χ1n) is 7.92. The topological polar surface area (TPSA) is 112 Å². The van der Waals surface area contributed by atoms with Crippen LogP contribution in [0.4, 0.5) is 0 Å². The summed E-state index contributed by atoms with van der Waals surface area (Å²) in [6.07, 6.45) is 0. The number of aromatic carboxylic acids is 3. The molecule has 3 aromatic carbocycles. The summed E-state index contributed by atoms with van der Waals surface area (Å²) in [5.74, 6) is -3.69. The highest BCUT2D eigenvalue weighted by molar-refractivity contribution is 6.03. The van der Waals surface area contributed by atoms with Crippen molar-refractivity contribution in [1.29, 1.82) is 0 Å². The lowest BCUT2D eigenvalue weighted by molar-refractivity contribution is 0.0683. The zero-order valence-electron chi connectivity index (χ0n) is 13.9. The first kappa shape index (κ1) is 17.9. The molecule has 0 radical (unpaired) electrons. The van der Waals surface area contributed by atoms with Gasteiger partial charge in [0.1, 0.15) is 0 Å². The maximum absolute atomic E-state index is 11.7. The summed E-state index contributed by atoms with van der Waals surface area (Å²) in [7, 11) is 0. The lowest BCUT2D eigenvalue weighted by atomic mass is 9.89. The van der Waals surface area contributed by atoms with E-state index in [1.807, 2.05) is 30.3 Å². The maximum Gasteiger partial charge on any atom is 0.336 e. The maximum atomic E-state index is 11.7. The van der Waals surface area contributed by atoms with Crippen molar-refractivity contribution in [3.05, 3.63) is 83.4 Å². The van der Waals surface area contributed by atoms with Gasteiger partial charge in [0.05, 0.1) is 16.7 Å². The van der Waals surface area contributed by atoms with E-state index < -0.39 is 17.9 Å². The summed E-state index contributed by atoms with van der Waals surface area (Å²) >= 11 is 0. The monoisotopic (exact) mass is 362 g/mol. The minimum Gasteiger partial charge on any atom is -0.478 e. The van der Waals surface area contributed by atoms with Crippen LogP contribution in [0.2, 0.25) is 0 Å². The molecule has 0 aliphatic carbocycles. The summed E-state index contributed by atoms with van der Waals surface area (Å²) in [5, 5.41) is 28.0. The summed E-state index contributed by atoms with van der Waals surface area (Å²) in [5.41, 5.74) is 1.70. The van der Waals surface area contributed by atoms with Gasteiger partial charge in [-0.2, -0.15) is 0 Å². The Morgan fingerprint density at radius 3 is 1.67 bits per heavy atom. The Hall–Kier alpha value is -3.93. The van der Waals surface area contributed by atoms with Crippen LogP contribution in [0.25, 0.3) is 22.3 Å². The number of rotatable bonds is 5. The third-order valence-corrected chi connectivity index (χ3v) is 4.14. The number of benzene rings is 3. The van der Waals surface area contributed by atoms with Crippen molar-refractivity contribution in [3.8, 4) is 22.3 Å². The van der Waals surface area contributed by atoms with Crippen LogP contribution in [-0.2, 0) is 0 Å². The van der Waals surface area contributed by atoms with Crippen molar-refractivity contribution in [1.82, 2.24) is 0 Å². The average Bonchev–Trinajstić information content (AvgIpc) is 2.67. The predicted molar refractivity (Wildman–Crippen MR) is 98.2 cm³/mol. The van der Waals surface area contributed by atoms with E-state index in [0.717, 1.165) is 11.6 Å². The van der Waals surface area contributed by atoms with Crippen molar-refractivity contribution >= 4 is 17.9 Å². The van der Waals surface area contributed by atoms with Gasteiger partial charge in [0.25, 0.3) is 0 Å². The van der Waals surface area contributed by atoms with Crippen LogP contribution in [0.3, 0.4) is 0 Å². The second-order valence-electron chi connectivity index (χ2n) is 5.80. The van der Waals surface area contributed by atoms with Gasteiger partial charge in [0, 0.05) is 0 Å². The molecule has 3 N–H and O–H groups in total. The molecule has 3 aromatic rings. The number of carboxylic acids is 3. The van der Waals surface area contributed by atoms with Gasteiger partial charge in [-0.3, -0.25) is 0 Å². The van der Waals surface area contributed by atoms with Gasteiger partial charge < -0.3 is 15.3 Å². The molecular formula is C21H14O6. The normalized spacial score (nSPS) is 10.4. The molecule has 0 bridgehead atoms. The molecule has 0 spiro atoms. The Bertz CT molecular complexity index is 1050. The molecule has 0 aromatic heterocycles. The number of carboxylic acid groups (broad SMARTS) is 3. The lowest BCUT2D eigenvalue weighted by Gasteiger charge is -2.14. The smallest absolute Gasteiger partial charge is 0.336 e. The molecule has 0 atom stereocenters. The number of hydrogen-bond donors (Lipinski definition) is 3. The summed E-state index contributed by atoms with van der Waals surface area (Å²) in [4.78, 5) is 34.3. The van der Waals surface area contributed by atoms with Crippen LogP contribution >= 0.6 is 0 Å². The third-order valence-electron chi connectivity index (χ3n) is 4.14. The first-order valence-corrected chi connectivity index (χ1v) is 7.92. The molecule has 0 aliphatic rings. The van der Waals surface area contributed by atoms with Gasteiger partial charge >= 0.3 is 17.9 Å². The van der Waals surface area contributed by atoms with Crippen molar-refractivity contribution < 1.29 is 29.7 Å². The second-order valence-corrected chi connectivity index (χ2v) is 5.80. The fraction of sp³-hybridized carbons (Fsp3) is 0. The molecule has 0 amide bonds. The fourth-order valence-electron chi connectivity index (χ4n) is 2.86. The molecule has 0 unspecified atom stereocenters.